The Bertz CT molecular complexity index is 664. The fraction of sp³-hybridized carbons (Fsp3) is 0.368. The first-order valence-corrected chi connectivity index (χ1v) is 8.86. The molecule has 4 nitrogen and oxygen atoms in total. The summed E-state index contributed by atoms with van der Waals surface area (Å²) in [7, 11) is 3.32. The third-order valence-electron chi connectivity index (χ3n) is 3.66. The number of hydrogen-bond donors (Lipinski definition) is 1. The van der Waals surface area contributed by atoms with E-state index in [0.29, 0.717) is 18.1 Å². The van der Waals surface area contributed by atoms with Crippen molar-refractivity contribution in [1.82, 2.24) is 5.32 Å². The highest BCUT2D eigenvalue weighted by atomic mass is 79.9. The van der Waals surface area contributed by atoms with Gasteiger partial charge in [-0.25, -0.2) is 4.39 Å². The maximum atomic E-state index is 13.0. The van der Waals surface area contributed by atoms with Gasteiger partial charge in [-0.1, -0.05) is 28.1 Å². The molecule has 0 amide bonds. The van der Waals surface area contributed by atoms with Crippen LogP contribution in [0.2, 0.25) is 0 Å². The second-order valence-corrected chi connectivity index (χ2v) is 6.39. The zero-order valence-corrected chi connectivity index (χ0v) is 16.1. The molecule has 0 spiro atoms. The maximum Gasteiger partial charge on any atom is 0.162 e. The molecular weight excluding hydrogens is 389 g/mol. The Hall–Kier alpha value is -1.63. The van der Waals surface area contributed by atoms with Crippen molar-refractivity contribution in [2.45, 2.75) is 19.6 Å². The first kappa shape index (κ1) is 19.7. The van der Waals surface area contributed by atoms with E-state index in [9.17, 15) is 4.39 Å². The Morgan fingerprint density at radius 2 is 1.84 bits per heavy atom. The second kappa shape index (κ2) is 10.4. The van der Waals surface area contributed by atoms with Crippen molar-refractivity contribution in [3.8, 4) is 11.5 Å². The van der Waals surface area contributed by atoms with Crippen LogP contribution < -0.4 is 14.8 Å². The zero-order chi connectivity index (χ0) is 18.1. The molecule has 2 rings (SSSR count). The number of ether oxygens (including phenoxy) is 3. The molecule has 0 saturated heterocycles. The summed E-state index contributed by atoms with van der Waals surface area (Å²) in [4.78, 5) is 0. The Balaban J connectivity index is 1.98. The molecule has 0 bridgehead atoms. The van der Waals surface area contributed by atoms with Crippen LogP contribution in [0.5, 0.6) is 11.5 Å². The molecule has 0 saturated carbocycles. The summed E-state index contributed by atoms with van der Waals surface area (Å²) < 4.78 is 30.2. The molecule has 6 heteroatoms. The van der Waals surface area contributed by atoms with E-state index in [1.54, 1.807) is 26.4 Å². The highest BCUT2D eigenvalue weighted by Gasteiger charge is 2.10. The average Bonchev–Trinajstić information content (AvgIpc) is 2.62. The van der Waals surface area contributed by atoms with Crippen LogP contribution in [0.15, 0.2) is 40.9 Å². The Morgan fingerprint density at radius 1 is 1.08 bits per heavy atom. The molecule has 2 aromatic rings. The van der Waals surface area contributed by atoms with Crippen LogP contribution in [0.4, 0.5) is 4.39 Å². The van der Waals surface area contributed by atoms with E-state index in [-0.39, 0.29) is 5.82 Å². The summed E-state index contributed by atoms with van der Waals surface area (Å²) in [6, 6.07) is 10.1. The second-order valence-electron chi connectivity index (χ2n) is 5.53. The van der Waals surface area contributed by atoms with E-state index in [1.807, 2.05) is 12.1 Å². The van der Waals surface area contributed by atoms with E-state index in [2.05, 4.69) is 21.2 Å². The summed E-state index contributed by atoms with van der Waals surface area (Å²) in [5.74, 6) is 1.05. The van der Waals surface area contributed by atoms with E-state index < -0.39 is 0 Å². The average molecular weight is 412 g/mol. The van der Waals surface area contributed by atoms with Gasteiger partial charge in [0.1, 0.15) is 12.4 Å². The fourth-order valence-corrected chi connectivity index (χ4v) is 2.75. The van der Waals surface area contributed by atoms with Crippen LogP contribution in [-0.2, 0) is 17.9 Å². The van der Waals surface area contributed by atoms with Crippen LogP contribution in [0.3, 0.4) is 0 Å². The van der Waals surface area contributed by atoms with Gasteiger partial charge in [0.2, 0.25) is 0 Å². The molecule has 0 unspecified atom stereocenters. The lowest BCUT2D eigenvalue weighted by atomic mass is 10.2. The van der Waals surface area contributed by atoms with Crippen molar-refractivity contribution in [3.05, 3.63) is 57.8 Å². The number of rotatable bonds is 10. The van der Waals surface area contributed by atoms with Gasteiger partial charge >= 0.3 is 0 Å². The molecule has 0 radical (unpaired) electrons. The quantitative estimate of drug-likeness (QED) is 0.591. The topological polar surface area (TPSA) is 39.7 Å². The summed E-state index contributed by atoms with van der Waals surface area (Å²) in [5.41, 5.74) is 1.98. The minimum atomic E-state index is -0.258. The van der Waals surface area contributed by atoms with Crippen LogP contribution in [0.25, 0.3) is 0 Å². The van der Waals surface area contributed by atoms with Crippen molar-refractivity contribution in [2.75, 3.05) is 27.4 Å². The summed E-state index contributed by atoms with van der Waals surface area (Å²) in [6.45, 7) is 2.69. The number of nitrogens with one attached hydrogen (secondary N) is 1. The van der Waals surface area contributed by atoms with Crippen molar-refractivity contribution >= 4 is 15.9 Å². The molecule has 1 N–H and O–H groups in total. The monoisotopic (exact) mass is 411 g/mol. The Kier molecular flexibility index (Phi) is 8.18. The highest BCUT2D eigenvalue weighted by molar-refractivity contribution is 9.10. The van der Waals surface area contributed by atoms with Crippen molar-refractivity contribution < 1.29 is 18.6 Å². The van der Waals surface area contributed by atoms with Crippen molar-refractivity contribution in [3.63, 3.8) is 0 Å². The van der Waals surface area contributed by atoms with Crippen LogP contribution >= 0.6 is 15.9 Å². The SMILES string of the molecule is COCCCNCc1cc(OC)c(OCc2ccc(F)cc2)cc1Br. The molecule has 0 aliphatic heterocycles. The number of hydrogen-bond acceptors (Lipinski definition) is 4. The first-order chi connectivity index (χ1) is 12.1. The van der Waals surface area contributed by atoms with Gasteiger partial charge in [0, 0.05) is 24.7 Å². The zero-order valence-electron chi connectivity index (χ0n) is 14.5. The van der Waals surface area contributed by atoms with Gasteiger partial charge < -0.3 is 19.5 Å². The van der Waals surface area contributed by atoms with Crippen molar-refractivity contribution in [1.29, 1.82) is 0 Å². The van der Waals surface area contributed by atoms with E-state index in [4.69, 9.17) is 14.2 Å². The predicted octanol–water partition coefficient (Wildman–Crippen LogP) is 4.30. The molecule has 0 aromatic heterocycles. The molecular formula is C19H23BrFNO3. The lowest BCUT2D eigenvalue weighted by Crippen LogP contribution is -2.16. The highest BCUT2D eigenvalue weighted by Crippen LogP contribution is 2.34. The number of benzene rings is 2. The van der Waals surface area contributed by atoms with E-state index >= 15 is 0 Å². The van der Waals surface area contributed by atoms with Gasteiger partial charge in [-0.15, -0.1) is 0 Å². The van der Waals surface area contributed by atoms with Gasteiger partial charge in [0.25, 0.3) is 0 Å². The normalized spacial score (nSPS) is 10.7. The standard InChI is InChI=1S/C19H23BrFNO3/c1-23-9-3-8-22-12-15-10-18(24-2)19(11-17(15)20)25-13-14-4-6-16(21)7-5-14/h4-7,10-11,22H,3,8-9,12-13H2,1-2H3. The lowest BCUT2D eigenvalue weighted by Gasteiger charge is -2.14. The Morgan fingerprint density at radius 3 is 2.52 bits per heavy atom. The van der Waals surface area contributed by atoms with Gasteiger partial charge in [-0.2, -0.15) is 0 Å². The largest absolute Gasteiger partial charge is 0.493 e. The summed E-state index contributed by atoms with van der Waals surface area (Å²) in [5, 5.41) is 3.37. The van der Waals surface area contributed by atoms with Crippen LogP contribution in [0, 0.1) is 5.82 Å². The van der Waals surface area contributed by atoms with Crippen LogP contribution in [0.1, 0.15) is 17.5 Å². The minimum Gasteiger partial charge on any atom is -0.493 e. The molecule has 0 heterocycles. The molecule has 136 valence electrons. The molecule has 25 heavy (non-hydrogen) atoms. The smallest absolute Gasteiger partial charge is 0.162 e. The molecule has 0 aliphatic carbocycles. The van der Waals surface area contributed by atoms with E-state index in [0.717, 1.165) is 41.7 Å². The minimum absolute atomic E-state index is 0.258. The van der Waals surface area contributed by atoms with Gasteiger partial charge in [-0.3, -0.25) is 0 Å². The van der Waals surface area contributed by atoms with Gasteiger partial charge in [0.05, 0.1) is 7.11 Å². The molecule has 0 aliphatic rings. The molecule has 2 aromatic carbocycles. The third kappa shape index (κ3) is 6.30. The fourth-order valence-electron chi connectivity index (χ4n) is 2.29. The predicted molar refractivity (Wildman–Crippen MR) is 99.6 cm³/mol. The summed E-state index contributed by atoms with van der Waals surface area (Å²) >= 11 is 3.58. The first-order valence-electron chi connectivity index (χ1n) is 8.07. The number of methoxy groups -OCH3 is 2. The van der Waals surface area contributed by atoms with Crippen LogP contribution in [-0.4, -0.2) is 27.4 Å². The molecule has 0 fully saturated rings. The van der Waals surface area contributed by atoms with E-state index in [1.165, 1.54) is 12.1 Å². The third-order valence-corrected chi connectivity index (χ3v) is 4.40. The number of halogens is 2. The van der Waals surface area contributed by atoms with Crippen molar-refractivity contribution in [2.24, 2.45) is 0 Å². The van der Waals surface area contributed by atoms with Gasteiger partial charge in [0.15, 0.2) is 11.5 Å². The maximum absolute atomic E-state index is 13.0. The lowest BCUT2D eigenvalue weighted by molar-refractivity contribution is 0.194. The van der Waals surface area contributed by atoms with Gasteiger partial charge in [-0.05, 0) is 48.4 Å². The Labute approximate surface area is 156 Å². The molecule has 0 atom stereocenters. The summed E-state index contributed by atoms with van der Waals surface area (Å²) in [6.07, 6.45) is 0.962.